The van der Waals surface area contributed by atoms with Crippen molar-refractivity contribution < 1.29 is 14.0 Å². The number of carbonyl (C=O) groups excluding carboxylic acids is 2. The van der Waals surface area contributed by atoms with Crippen LogP contribution >= 0.6 is 0 Å². The van der Waals surface area contributed by atoms with Crippen molar-refractivity contribution in [1.82, 2.24) is 9.80 Å². The van der Waals surface area contributed by atoms with E-state index in [1.165, 1.54) is 0 Å². The summed E-state index contributed by atoms with van der Waals surface area (Å²) in [6, 6.07) is 10.8. The van der Waals surface area contributed by atoms with Crippen LogP contribution in [0.1, 0.15) is 36.9 Å². The first-order valence-corrected chi connectivity index (χ1v) is 9.13. The number of hydrogen-bond donors (Lipinski definition) is 0. The zero-order valence-corrected chi connectivity index (χ0v) is 15.9. The first kappa shape index (κ1) is 18.2. The Morgan fingerprint density at radius 1 is 1.23 bits per heavy atom. The maximum Gasteiger partial charge on any atom is 0.254 e. The smallest absolute Gasteiger partial charge is 0.254 e. The van der Waals surface area contributed by atoms with Gasteiger partial charge < -0.3 is 14.2 Å². The summed E-state index contributed by atoms with van der Waals surface area (Å²) in [6.07, 6.45) is 0. The molecule has 0 aliphatic carbocycles. The van der Waals surface area contributed by atoms with Crippen molar-refractivity contribution in [2.24, 2.45) is 5.92 Å². The molecule has 1 aromatic carbocycles. The summed E-state index contributed by atoms with van der Waals surface area (Å²) in [4.78, 5) is 29.1. The molecule has 1 atom stereocenters. The third-order valence-electron chi connectivity index (χ3n) is 4.73. The van der Waals surface area contributed by atoms with E-state index >= 15 is 0 Å². The Labute approximate surface area is 154 Å². The van der Waals surface area contributed by atoms with Crippen LogP contribution in [0, 0.1) is 12.8 Å². The van der Waals surface area contributed by atoms with Gasteiger partial charge in [0.05, 0.1) is 0 Å². The minimum atomic E-state index is -0.440. The Bertz CT molecular complexity index is 809. The lowest BCUT2D eigenvalue weighted by Crippen LogP contribution is -2.58. The molecule has 1 saturated heterocycles. The van der Waals surface area contributed by atoms with Gasteiger partial charge in [-0.3, -0.25) is 9.59 Å². The van der Waals surface area contributed by atoms with Gasteiger partial charge in [0.2, 0.25) is 5.91 Å². The number of amides is 2. The molecule has 0 spiro atoms. The Hall–Kier alpha value is -2.56. The molecule has 1 aromatic heterocycles. The van der Waals surface area contributed by atoms with Gasteiger partial charge in [-0.15, -0.1) is 0 Å². The average molecular weight is 354 g/mol. The van der Waals surface area contributed by atoms with E-state index in [1.807, 2.05) is 49.1 Å². The predicted octanol–water partition coefficient (Wildman–Crippen LogP) is 3.58. The van der Waals surface area contributed by atoms with E-state index in [0.29, 0.717) is 24.6 Å². The quantitative estimate of drug-likeness (QED) is 0.843. The van der Waals surface area contributed by atoms with Crippen LogP contribution in [0.3, 0.4) is 0 Å². The lowest BCUT2D eigenvalue weighted by atomic mass is 10.1. The molecule has 5 nitrogen and oxygen atoms in total. The summed E-state index contributed by atoms with van der Waals surface area (Å²) in [5.41, 5.74) is 1.44. The van der Waals surface area contributed by atoms with Crippen LogP contribution in [0.5, 0.6) is 0 Å². The van der Waals surface area contributed by atoms with E-state index in [1.54, 1.807) is 11.0 Å². The molecule has 5 heteroatoms. The molecule has 138 valence electrons. The van der Waals surface area contributed by atoms with Crippen LogP contribution in [0.2, 0.25) is 0 Å². The summed E-state index contributed by atoms with van der Waals surface area (Å²) >= 11 is 0. The number of furan rings is 1. The minimum absolute atomic E-state index is 0.0242. The second-order valence-electron chi connectivity index (χ2n) is 7.34. The molecule has 0 saturated carbocycles. The van der Waals surface area contributed by atoms with E-state index in [0.717, 1.165) is 23.6 Å². The van der Waals surface area contributed by atoms with E-state index in [-0.39, 0.29) is 11.8 Å². The molecule has 0 radical (unpaired) electrons. The Balaban J connectivity index is 1.78. The third kappa shape index (κ3) is 3.66. The van der Waals surface area contributed by atoms with Gasteiger partial charge in [0.15, 0.2) is 0 Å². The molecular weight excluding hydrogens is 328 g/mol. The third-order valence-corrected chi connectivity index (χ3v) is 4.73. The average Bonchev–Trinajstić information content (AvgIpc) is 3.05. The predicted molar refractivity (Wildman–Crippen MR) is 101 cm³/mol. The molecule has 26 heavy (non-hydrogen) atoms. The fraction of sp³-hybridized carbons (Fsp3) is 0.429. The summed E-state index contributed by atoms with van der Waals surface area (Å²) < 4.78 is 5.65. The van der Waals surface area contributed by atoms with Crippen molar-refractivity contribution in [3.63, 3.8) is 0 Å². The molecular formula is C21H26N2O3. The monoisotopic (exact) mass is 354 g/mol. The van der Waals surface area contributed by atoms with Crippen LogP contribution < -0.4 is 0 Å². The van der Waals surface area contributed by atoms with Crippen molar-refractivity contribution >= 4 is 11.8 Å². The first-order chi connectivity index (χ1) is 12.4. The standard InChI is InChI=1S/C21H26N2O3/c1-14(2)13-22-10-11-23(16(4)20(22)24)21(25)18-7-5-6-17(12-18)19-9-8-15(3)26-19/h5-9,12,14,16H,10-11,13H2,1-4H3/t16-/m1/s1. The number of rotatable bonds is 4. The van der Waals surface area contributed by atoms with Crippen LogP contribution in [0.25, 0.3) is 11.3 Å². The Kier molecular flexibility index (Phi) is 5.16. The molecule has 3 rings (SSSR count). The molecule has 1 aliphatic rings. The largest absolute Gasteiger partial charge is 0.461 e. The zero-order chi connectivity index (χ0) is 18.8. The van der Waals surface area contributed by atoms with Crippen LogP contribution in [0.4, 0.5) is 0 Å². The van der Waals surface area contributed by atoms with Gasteiger partial charge >= 0.3 is 0 Å². The van der Waals surface area contributed by atoms with Crippen molar-refractivity contribution in [2.45, 2.75) is 33.7 Å². The maximum atomic E-state index is 13.0. The highest BCUT2D eigenvalue weighted by Gasteiger charge is 2.34. The molecule has 0 unspecified atom stereocenters. The van der Waals surface area contributed by atoms with Crippen LogP contribution in [-0.2, 0) is 4.79 Å². The molecule has 2 aromatic rings. The highest BCUT2D eigenvalue weighted by molar-refractivity contribution is 5.98. The molecule has 0 bridgehead atoms. The number of piperazine rings is 1. The Morgan fingerprint density at radius 2 is 2.00 bits per heavy atom. The van der Waals surface area contributed by atoms with Crippen molar-refractivity contribution in [3.05, 3.63) is 47.7 Å². The molecule has 0 N–H and O–H groups in total. The topological polar surface area (TPSA) is 53.8 Å². The highest BCUT2D eigenvalue weighted by atomic mass is 16.3. The van der Waals surface area contributed by atoms with Crippen LogP contribution in [-0.4, -0.2) is 47.3 Å². The molecule has 2 amide bonds. The fourth-order valence-electron chi connectivity index (χ4n) is 3.39. The van der Waals surface area contributed by atoms with Gasteiger partial charge in [-0.25, -0.2) is 0 Å². The number of hydrogen-bond acceptors (Lipinski definition) is 3. The first-order valence-electron chi connectivity index (χ1n) is 9.13. The lowest BCUT2D eigenvalue weighted by Gasteiger charge is -2.39. The summed E-state index contributed by atoms with van der Waals surface area (Å²) in [5.74, 6) is 1.90. The highest BCUT2D eigenvalue weighted by Crippen LogP contribution is 2.24. The van der Waals surface area contributed by atoms with Crippen molar-refractivity contribution in [3.8, 4) is 11.3 Å². The van der Waals surface area contributed by atoms with Gasteiger partial charge in [-0.05, 0) is 44.0 Å². The lowest BCUT2D eigenvalue weighted by molar-refractivity contribution is -0.140. The maximum absolute atomic E-state index is 13.0. The van der Waals surface area contributed by atoms with Crippen molar-refractivity contribution in [1.29, 1.82) is 0 Å². The van der Waals surface area contributed by atoms with Gasteiger partial charge in [0.25, 0.3) is 5.91 Å². The Morgan fingerprint density at radius 3 is 2.65 bits per heavy atom. The summed E-state index contributed by atoms with van der Waals surface area (Å²) in [5, 5.41) is 0. The number of carbonyl (C=O) groups is 2. The molecule has 2 heterocycles. The van der Waals surface area contributed by atoms with Crippen LogP contribution in [0.15, 0.2) is 40.8 Å². The molecule has 1 aliphatic heterocycles. The number of benzene rings is 1. The van der Waals surface area contributed by atoms with Crippen molar-refractivity contribution in [2.75, 3.05) is 19.6 Å². The van der Waals surface area contributed by atoms with E-state index in [4.69, 9.17) is 4.42 Å². The van der Waals surface area contributed by atoms with Gasteiger partial charge in [0, 0.05) is 30.8 Å². The van der Waals surface area contributed by atoms with E-state index < -0.39 is 6.04 Å². The fourth-order valence-corrected chi connectivity index (χ4v) is 3.39. The summed E-state index contributed by atoms with van der Waals surface area (Å²) in [7, 11) is 0. The normalized spacial score (nSPS) is 17.9. The van der Waals surface area contributed by atoms with E-state index in [9.17, 15) is 9.59 Å². The second-order valence-corrected chi connectivity index (χ2v) is 7.34. The number of nitrogens with zero attached hydrogens (tertiary/aromatic N) is 2. The minimum Gasteiger partial charge on any atom is -0.461 e. The van der Waals surface area contributed by atoms with Gasteiger partial charge in [0.1, 0.15) is 17.6 Å². The van der Waals surface area contributed by atoms with Gasteiger partial charge in [-0.1, -0.05) is 26.0 Å². The van der Waals surface area contributed by atoms with E-state index in [2.05, 4.69) is 13.8 Å². The zero-order valence-electron chi connectivity index (χ0n) is 15.9. The summed E-state index contributed by atoms with van der Waals surface area (Å²) in [6.45, 7) is 9.77. The number of aryl methyl sites for hydroxylation is 1. The second kappa shape index (κ2) is 7.36. The SMILES string of the molecule is Cc1ccc(-c2cccc(C(=O)N3CCN(CC(C)C)C(=O)[C@H]3C)c2)o1. The van der Waals surface area contributed by atoms with Gasteiger partial charge in [-0.2, -0.15) is 0 Å². The molecule has 1 fully saturated rings.